The fourth-order valence-electron chi connectivity index (χ4n) is 2.48. The van der Waals surface area contributed by atoms with E-state index in [2.05, 4.69) is 10.5 Å². The van der Waals surface area contributed by atoms with E-state index < -0.39 is 17.5 Å². The molecule has 0 fully saturated rings. The molecule has 3 aromatic rings. The number of nitrogens with one attached hydrogen (secondary N) is 1. The molecule has 1 amide bonds. The Labute approximate surface area is 159 Å². The number of rotatable bonds is 4. The molecule has 0 aliphatic carbocycles. The predicted octanol–water partition coefficient (Wildman–Crippen LogP) is 3.97. The average Bonchev–Trinajstić information content (AvgIpc) is 2.69. The minimum atomic E-state index is -0.782. The Bertz CT molecular complexity index is 1100. The van der Waals surface area contributed by atoms with E-state index in [1.807, 2.05) is 6.07 Å². The standard InChI is InChI=1S/C21H13F2N3O2/c22-16-6-7-17(19(23)10-16)15-5-8-20(27)18(9-15)21(28)26-25-12-14-3-1-13(11-24)2-4-14/h1-10,12,27H,(H,26,28)/b25-12+. The van der Waals surface area contributed by atoms with Crippen LogP contribution in [0.5, 0.6) is 5.75 Å². The molecule has 0 radical (unpaired) electrons. The van der Waals surface area contributed by atoms with E-state index in [-0.39, 0.29) is 16.9 Å². The second kappa shape index (κ2) is 8.10. The molecule has 0 aliphatic rings. The Morgan fingerprint density at radius 3 is 2.50 bits per heavy atom. The van der Waals surface area contributed by atoms with E-state index in [4.69, 9.17) is 5.26 Å². The lowest BCUT2D eigenvalue weighted by atomic mass is 10.0. The first-order valence-corrected chi connectivity index (χ1v) is 8.10. The van der Waals surface area contributed by atoms with Gasteiger partial charge in [-0.25, -0.2) is 14.2 Å². The van der Waals surface area contributed by atoms with Gasteiger partial charge in [-0.15, -0.1) is 0 Å². The summed E-state index contributed by atoms with van der Waals surface area (Å²) in [5.74, 6) is -2.50. The molecule has 0 bridgehead atoms. The van der Waals surface area contributed by atoms with Gasteiger partial charge in [0.2, 0.25) is 0 Å². The largest absolute Gasteiger partial charge is 0.507 e. The van der Waals surface area contributed by atoms with Gasteiger partial charge in [0.1, 0.15) is 17.4 Å². The van der Waals surface area contributed by atoms with Gasteiger partial charge < -0.3 is 5.11 Å². The van der Waals surface area contributed by atoms with E-state index in [1.54, 1.807) is 24.3 Å². The predicted molar refractivity (Wildman–Crippen MR) is 99.7 cm³/mol. The zero-order valence-electron chi connectivity index (χ0n) is 14.4. The number of halogens is 2. The lowest BCUT2D eigenvalue weighted by Crippen LogP contribution is -2.17. The number of carbonyl (C=O) groups is 1. The highest BCUT2D eigenvalue weighted by atomic mass is 19.1. The molecule has 0 saturated heterocycles. The van der Waals surface area contributed by atoms with Gasteiger partial charge in [-0.2, -0.15) is 10.4 Å². The Kier molecular flexibility index (Phi) is 5.42. The number of phenols is 1. The zero-order chi connectivity index (χ0) is 20.1. The normalized spacial score (nSPS) is 10.6. The minimum absolute atomic E-state index is 0.0940. The Balaban J connectivity index is 1.79. The monoisotopic (exact) mass is 377 g/mol. The van der Waals surface area contributed by atoms with Crippen LogP contribution in [0, 0.1) is 23.0 Å². The van der Waals surface area contributed by atoms with Crippen LogP contribution in [0.1, 0.15) is 21.5 Å². The molecular weight excluding hydrogens is 364 g/mol. The molecule has 138 valence electrons. The second-order valence-electron chi connectivity index (χ2n) is 5.79. The number of nitriles is 1. The molecule has 3 rings (SSSR count). The van der Waals surface area contributed by atoms with E-state index in [1.165, 1.54) is 30.5 Å². The maximum Gasteiger partial charge on any atom is 0.275 e. The summed E-state index contributed by atoms with van der Waals surface area (Å²) in [6, 6.07) is 15.6. The van der Waals surface area contributed by atoms with Crippen LogP contribution in [0.4, 0.5) is 8.78 Å². The summed E-state index contributed by atoms with van der Waals surface area (Å²) in [6.07, 6.45) is 1.37. The van der Waals surface area contributed by atoms with Crippen molar-refractivity contribution in [2.24, 2.45) is 5.10 Å². The number of benzene rings is 3. The summed E-state index contributed by atoms with van der Waals surface area (Å²) >= 11 is 0. The SMILES string of the molecule is N#Cc1ccc(/C=N/NC(=O)c2cc(-c3ccc(F)cc3F)ccc2O)cc1. The summed E-state index contributed by atoms with van der Waals surface area (Å²) in [5.41, 5.74) is 3.71. The van der Waals surface area contributed by atoms with Crippen molar-refractivity contribution in [1.29, 1.82) is 5.26 Å². The van der Waals surface area contributed by atoms with Gasteiger partial charge in [-0.05, 0) is 47.5 Å². The van der Waals surface area contributed by atoms with Crippen molar-refractivity contribution < 1.29 is 18.7 Å². The van der Waals surface area contributed by atoms with Crippen molar-refractivity contribution in [3.8, 4) is 22.9 Å². The third kappa shape index (κ3) is 4.19. The van der Waals surface area contributed by atoms with Crippen molar-refractivity contribution in [3.63, 3.8) is 0 Å². The molecule has 5 nitrogen and oxygen atoms in total. The maximum absolute atomic E-state index is 14.0. The summed E-state index contributed by atoms with van der Waals surface area (Å²) in [5, 5.41) is 22.5. The molecule has 0 heterocycles. The number of phenolic OH excluding ortho intramolecular Hbond substituents is 1. The van der Waals surface area contributed by atoms with Crippen LogP contribution in [-0.2, 0) is 0 Å². The van der Waals surface area contributed by atoms with Crippen LogP contribution in [0.3, 0.4) is 0 Å². The molecule has 0 atom stereocenters. The van der Waals surface area contributed by atoms with Gasteiger partial charge >= 0.3 is 0 Å². The topological polar surface area (TPSA) is 85.5 Å². The Morgan fingerprint density at radius 1 is 1.07 bits per heavy atom. The van der Waals surface area contributed by atoms with Crippen molar-refractivity contribution in [2.45, 2.75) is 0 Å². The number of hydrogen-bond acceptors (Lipinski definition) is 4. The zero-order valence-corrected chi connectivity index (χ0v) is 14.4. The summed E-state index contributed by atoms with van der Waals surface area (Å²) in [7, 11) is 0. The van der Waals surface area contributed by atoms with Gasteiger partial charge in [0.05, 0.1) is 23.4 Å². The molecule has 0 unspecified atom stereocenters. The van der Waals surface area contributed by atoms with Crippen LogP contribution >= 0.6 is 0 Å². The van der Waals surface area contributed by atoms with Gasteiger partial charge in [0.15, 0.2) is 0 Å². The van der Waals surface area contributed by atoms with Gasteiger partial charge in [0.25, 0.3) is 5.91 Å². The van der Waals surface area contributed by atoms with Crippen molar-refractivity contribution in [2.75, 3.05) is 0 Å². The Hall–Kier alpha value is -4.05. The smallest absolute Gasteiger partial charge is 0.275 e. The lowest BCUT2D eigenvalue weighted by Gasteiger charge is -2.08. The van der Waals surface area contributed by atoms with Gasteiger partial charge in [-0.3, -0.25) is 4.79 Å². The van der Waals surface area contributed by atoms with Crippen molar-refractivity contribution >= 4 is 12.1 Å². The van der Waals surface area contributed by atoms with E-state index in [9.17, 15) is 18.7 Å². The van der Waals surface area contributed by atoms with Crippen molar-refractivity contribution in [3.05, 3.63) is 89.0 Å². The van der Waals surface area contributed by atoms with Crippen LogP contribution in [0.2, 0.25) is 0 Å². The summed E-state index contributed by atoms with van der Waals surface area (Å²) in [6.45, 7) is 0. The van der Waals surface area contributed by atoms with Crippen LogP contribution < -0.4 is 5.43 Å². The summed E-state index contributed by atoms with van der Waals surface area (Å²) in [4.78, 5) is 12.3. The molecule has 28 heavy (non-hydrogen) atoms. The highest BCUT2D eigenvalue weighted by molar-refractivity contribution is 5.98. The number of hydrazone groups is 1. The molecule has 0 aromatic heterocycles. The molecule has 0 saturated carbocycles. The molecule has 2 N–H and O–H groups in total. The highest BCUT2D eigenvalue weighted by Crippen LogP contribution is 2.28. The van der Waals surface area contributed by atoms with E-state index in [0.29, 0.717) is 16.7 Å². The van der Waals surface area contributed by atoms with Crippen LogP contribution in [-0.4, -0.2) is 17.2 Å². The fourth-order valence-corrected chi connectivity index (χ4v) is 2.48. The first kappa shape index (κ1) is 18.7. The number of hydrogen-bond donors (Lipinski definition) is 2. The quantitative estimate of drug-likeness (QED) is 0.533. The van der Waals surface area contributed by atoms with Crippen LogP contribution in [0.25, 0.3) is 11.1 Å². The third-order valence-electron chi connectivity index (χ3n) is 3.90. The number of nitrogens with zero attached hydrogens (tertiary/aromatic N) is 2. The lowest BCUT2D eigenvalue weighted by molar-refractivity contribution is 0.0952. The second-order valence-corrected chi connectivity index (χ2v) is 5.79. The molecule has 3 aromatic carbocycles. The van der Waals surface area contributed by atoms with E-state index >= 15 is 0 Å². The first-order valence-electron chi connectivity index (χ1n) is 8.10. The number of amides is 1. The van der Waals surface area contributed by atoms with Gasteiger partial charge in [-0.1, -0.05) is 18.2 Å². The number of aromatic hydroxyl groups is 1. The molecule has 7 heteroatoms. The number of carbonyl (C=O) groups excluding carboxylic acids is 1. The van der Waals surface area contributed by atoms with Gasteiger partial charge in [0, 0.05) is 11.6 Å². The van der Waals surface area contributed by atoms with E-state index in [0.717, 1.165) is 12.1 Å². The van der Waals surface area contributed by atoms with Crippen LogP contribution in [0.15, 0.2) is 65.8 Å². The third-order valence-corrected chi connectivity index (χ3v) is 3.90. The minimum Gasteiger partial charge on any atom is -0.507 e. The molecule has 0 spiro atoms. The Morgan fingerprint density at radius 2 is 1.82 bits per heavy atom. The average molecular weight is 377 g/mol. The van der Waals surface area contributed by atoms with Crippen molar-refractivity contribution in [1.82, 2.24) is 5.43 Å². The summed E-state index contributed by atoms with van der Waals surface area (Å²) < 4.78 is 27.0. The molecular formula is C21H13F2N3O2. The highest BCUT2D eigenvalue weighted by Gasteiger charge is 2.14. The fraction of sp³-hybridized carbons (Fsp3) is 0. The maximum atomic E-state index is 14.0. The molecule has 0 aliphatic heterocycles. The first-order chi connectivity index (χ1) is 13.5.